The van der Waals surface area contributed by atoms with Gasteiger partial charge in [-0.05, 0) is 35.0 Å². The number of hydrogen-bond donors (Lipinski definition) is 0. The third-order valence-corrected chi connectivity index (χ3v) is 3.06. The van der Waals surface area contributed by atoms with Crippen LogP contribution in [0.5, 0.6) is 5.88 Å². The maximum absolute atomic E-state index is 5.19. The van der Waals surface area contributed by atoms with E-state index < -0.39 is 0 Å². The molecule has 0 spiro atoms. The van der Waals surface area contributed by atoms with Gasteiger partial charge in [0.25, 0.3) is 0 Å². The van der Waals surface area contributed by atoms with E-state index in [0.29, 0.717) is 11.8 Å². The Hall–Kier alpha value is -1.62. The molecule has 1 aromatic heterocycles. The molecule has 0 saturated carbocycles. The van der Waals surface area contributed by atoms with Gasteiger partial charge in [-0.2, -0.15) is 4.98 Å². The number of anilines is 2. The van der Waals surface area contributed by atoms with Gasteiger partial charge in [-0.25, -0.2) is 4.98 Å². The third-order valence-electron chi connectivity index (χ3n) is 2.52. The van der Waals surface area contributed by atoms with Crippen molar-refractivity contribution in [2.24, 2.45) is 0 Å². The Morgan fingerprint density at radius 3 is 2.61 bits per heavy atom. The summed E-state index contributed by atoms with van der Waals surface area (Å²) in [6, 6.07) is 10.0. The monoisotopic (exact) mass is 307 g/mol. The van der Waals surface area contributed by atoms with Crippen molar-refractivity contribution in [1.82, 2.24) is 9.97 Å². The molecule has 4 nitrogen and oxygen atoms in total. The second-order valence-corrected chi connectivity index (χ2v) is 4.46. The lowest BCUT2D eigenvalue weighted by molar-refractivity contribution is 0.394. The fraction of sp³-hybridized carbons (Fsp3) is 0.231. The predicted octanol–water partition coefficient (Wildman–Crippen LogP) is 3.41. The van der Waals surface area contributed by atoms with E-state index in [-0.39, 0.29) is 0 Å². The van der Waals surface area contributed by atoms with Gasteiger partial charge in [0.2, 0.25) is 11.8 Å². The molecule has 0 fully saturated rings. The molecule has 0 aliphatic rings. The maximum Gasteiger partial charge on any atom is 0.233 e. The lowest BCUT2D eigenvalue weighted by atomic mass is 10.3. The van der Waals surface area contributed by atoms with Crippen LogP contribution in [0.1, 0.15) is 6.92 Å². The second-order valence-electron chi connectivity index (χ2n) is 3.61. The Labute approximate surface area is 115 Å². The van der Waals surface area contributed by atoms with Crippen LogP contribution < -0.4 is 9.64 Å². The molecule has 2 aromatic rings. The minimum Gasteiger partial charge on any atom is -0.480 e. The van der Waals surface area contributed by atoms with Crippen molar-refractivity contribution in [3.8, 4) is 5.88 Å². The van der Waals surface area contributed by atoms with Crippen molar-refractivity contribution in [3.63, 3.8) is 0 Å². The first kappa shape index (κ1) is 12.8. The minimum atomic E-state index is 0.536. The molecule has 0 saturated heterocycles. The zero-order valence-corrected chi connectivity index (χ0v) is 11.9. The molecule has 2 rings (SSSR count). The molecule has 0 aliphatic carbocycles. The molecule has 0 unspecified atom stereocenters. The predicted molar refractivity (Wildman–Crippen MR) is 75.4 cm³/mol. The van der Waals surface area contributed by atoms with E-state index in [1.807, 2.05) is 35.2 Å². The van der Waals surface area contributed by atoms with Crippen molar-refractivity contribution < 1.29 is 4.74 Å². The summed E-state index contributed by atoms with van der Waals surface area (Å²) >= 11 is 3.35. The maximum atomic E-state index is 5.19. The molecule has 0 N–H and O–H groups in total. The first-order valence-electron chi connectivity index (χ1n) is 5.65. The SMILES string of the molecule is CCN(c1ccccc1)c1ncc(Br)c(OC)n1. The molecule has 0 aliphatic heterocycles. The minimum absolute atomic E-state index is 0.536. The van der Waals surface area contributed by atoms with E-state index in [9.17, 15) is 0 Å². The summed E-state index contributed by atoms with van der Waals surface area (Å²) in [4.78, 5) is 10.7. The van der Waals surface area contributed by atoms with E-state index in [1.165, 1.54) is 0 Å². The van der Waals surface area contributed by atoms with Crippen LogP contribution in [0.25, 0.3) is 0 Å². The standard InChI is InChI=1S/C13H14BrN3O/c1-3-17(10-7-5-4-6-8-10)13-15-9-11(14)12(16-13)18-2/h4-9H,3H2,1-2H3. The van der Waals surface area contributed by atoms with Crippen LogP contribution in [0, 0.1) is 0 Å². The molecular weight excluding hydrogens is 294 g/mol. The summed E-state index contributed by atoms with van der Waals surface area (Å²) in [7, 11) is 1.59. The Kier molecular flexibility index (Phi) is 4.15. The molecule has 94 valence electrons. The Balaban J connectivity index is 2.39. The second kappa shape index (κ2) is 5.82. The van der Waals surface area contributed by atoms with Crippen LogP contribution in [0.4, 0.5) is 11.6 Å². The average molecular weight is 308 g/mol. The van der Waals surface area contributed by atoms with Gasteiger partial charge in [-0.3, -0.25) is 0 Å². The third kappa shape index (κ3) is 2.61. The van der Waals surface area contributed by atoms with Crippen LogP contribution in [0.2, 0.25) is 0 Å². The topological polar surface area (TPSA) is 38.2 Å². The normalized spacial score (nSPS) is 10.2. The number of para-hydroxylation sites is 1. The summed E-state index contributed by atoms with van der Waals surface area (Å²) in [6.45, 7) is 2.85. The van der Waals surface area contributed by atoms with Crippen LogP contribution in [-0.2, 0) is 0 Å². The van der Waals surface area contributed by atoms with Gasteiger partial charge < -0.3 is 9.64 Å². The summed E-state index contributed by atoms with van der Waals surface area (Å²) in [5, 5.41) is 0. The van der Waals surface area contributed by atoms with Gasteiger partial charge in [0.1, 0.15) is 0 Å². The largest absolute Gasteiger partial charge is 0.480 e. The van der Waals surface area contributed by atoms with Crippen LogP contribution >= 0.6 is 15.9 Å². The number of methoxy groups -OCH3 is 1. The quantitative estimate of drug-likeness (QED) is 0.867. The lowest BCUT2D eigenvalue weighted by Crippen LogP contribution is -2.18. The van der Waals surface area contributed by atoms with Gasteiger partial charge in [0.05, 0.1) is 17.8 Å². The Morgan fingerprint density at radius 1 is 1.28 bits per heavy atom. The number of rotatable bonds is 4. The molecule has 18 heavy (non-hydrogen) atoms. The van der Waals surface area contributed by atoms with E-state index in [0.717, 1.165) is 16.7 Å². The molecule has 1 aromatic carbocycles. The number of halogens is 1. The molecule has 0 atom stereocenters. The summed E-state index contributed by atoms with van der Waals surface area (Å²) in [5.41, 5.74) is 1.06. The highest BCUT2D eigenvalue weighted by Gasteiger charge is 2.12. The first-order chi connectivity index (χ1) is 8.76. The number of aromatic nitrogens is 2. The van der Waals surface area contributed by atoms with Gasteiger partial charge in [0, 0.05) is 12.2 Å². The van der Waals surface area contributed by atoms with E-state index in [2.05, 4.69) is 32.8 Å². The van der Waals surface area contributed by atoms with Gasteiger partial charge >= 0.3 is 0 Å². The summed E-state index contributed by atoms with van der Waals surface area (Å²) < 4.78 is 5.94. The van der Waals surface area contributed by atoms with Crippen molar-refractivity contribution in [2.45, 2.75) is 6.92 Å². The fourth-order valence-corrected chi connectivity index (χ4v) is 2.02. The molecule has 0 amide bonds. The summed E-state index contributed by atoms with van der Waals surface area (Å²) in [6.07, 6.45) is 1.70. The Morgan fingerprint density at radius 2 is 2.00 bits per heavy atom. The lowest BCUT2D eigenvalue weighted by Gasteiger charge is -2.21. The molecule has 0 radical (unpaired) electrons. The first-order valence-corrected chi connectivity index (χ1v) is 6.44. The molecular formula is C13H14BrN3O. The number of ether oxygens (including phenoxy) is 1. The van der Waals surface area contributed by atoms with E-state index >= 15 is 0 Å². The summed E-state index contributed by atoms with van der Waals surface area (Å²) in [5.74, 6) is 1.16. The highest BCUT2D eigenvalue weighted by molar-refractivity contribution is 9.10. The molecule has 1 heterocycles. The average Bonchev–Trinajstić information content (AvgIpc) is 2.42. The fourth-order valence-electron chi connectivity index (χ4n) is 1.66. The van der Waals surface area contributed by atoms with E-state index in [1.54, 1.807) is 13.3 Å². The zero-order chi connectivity index (χ0) is 13.0. The van der Waals surface area contributed by atoms with Crippen molar-refractivity contribution >= 4 is 27.6 Å². The smallest absolute Gasteiger partial charge is 0.233 e. The zero-order valence-electron chi connectivity index (χ0n) is 10.3. The van der Waals surface area contributed by atoms with Gasteiger partial charge in [-0.15, -0.1) is 0 Å². The highest BCUT2D eigenvalue weighted by Crippen LogP contribution is 2.27. The number of hydrogen-bond acceptors (Lipinski definition) is 4. The van der Waals surface area contributed by atoms with Crippen molar-refractivity contribution in [3.05, 3.63) is 41.0 Å². The van der Waals surface area contributed by atoms with Crippen molar-refractivity contribution in [2.75, 3.05) is 18.6 Å². The van der Waals surface area contributed by atoms with Crippen molar-refractivity contribution in [1.29, 1.82) is 0 Å². The highest BCUT2D eigenvalue weighted by atomic mass is 79.9. The molecule has 0 bridgehead atoms. The van der Waals surface area contributed by atoms with Gasteiger partial charge in [-0.1, -0.05) is 18.2 Å². The van der Waals surface area contributed by atoms with Crippen LogP contribution in [0.15, 0.2) is 41.0 Å². The van der Waals surface area contributed by atoms with Crippen LogP contribution in [-0.4, -0.2) is 23.6 Å². The van der Waals surface area contributed by atoms with Crippen LogP contribution in [0.3, 0.4) is 0 Å². The van der Waals surface area contributed by atoms with Gasteiger partial charge in [0.15, 0.2) is 0 Å². The molecule has 5 heteroatoms. The van der Waals surface area contributed by atoms with E-state index in [4.69, 9.17) is 4.74 Å². The number of benzene rings is 1. The Bertz CT molecular complexity index is 519. The number of nitrogens with zero attached hydrogens (tertiary/aromatic N) is 3.